The molecular weight excluding hydrogens is 751 g/mol. The first-order chi connectivity index (χ1) is 30.7. The van der Waals surface area contributed by atoms with Crippen LogP contribution in [-0.4, -0.2) is 0 Å². The van der Waals surface area contributed by atoms with E-state index in [0.717, 1.165) is 56.2 Å². The minimum Gasteiger partial charge on any atom is -0.456 e. The van der Waals surface area contributed by atoms with Gasteiger partial charge in [-0.1, -0.05) is 188 Å². The van der Waals surface area contributed by atoms with Crippen LogP contribution in [0, 0.1) is 0 Å². The van der Waals surface area contributed by atoms with Gasteiger partial charge in [-0.05, 0) is 120 Å². The molecule has 12 rings (SSSR count). The summed E-state index contributed by atoms with van der Waals surface area (Å²) in [6.07, 6.45) is 0. The second-order valence-electron chi connectivity index (χ2n) is 16.0. The molecule has 0 atom stereocenters. The predicted octanol–water partition coefficient (Wildman–Crippen LogP) is 17.1. The Morgan fingerprint density at radius 3 is 1.76 bits per heavy atom. The number of ether oxygens (including phenoxy) is 1. The van der Waals surface area contributed by atoms with E-state index in [-0.39, 0.29) is 0 Å². The smallest absolute Gasteiger partial charge is 0.135 e. The summed E-state index contributed by atoms with van der Waals surface area (Å²) in [4.78, 5) is 2.43. The van der Waals surface area contributed by atoms with Gasteiger partial charge in [0.1, 0.15) is 11.5 Å². The summed E-state index contributed by atoms with van der Waals surface area (Å²) in [5, 5.41) is 7.24. The first-order valence-electron chi connectivity index (χ1n) is 21.2. The quantitative estimate of drug-likeness (QED) is 0.159. The van der Waals surface area contributed by atoms with Crippen molar-refractivity contribution in [2.75, 3.05) is 4.90 Å². The summed E-state index contributed by atoms with van der Waals surface area (Å²) >= 11 is 0. The molecule has 0 radical (unpaired) electrons. The third-order valence-electron chi connectivity index (χ3n) is 12.4. The van der Waals surface area contributed by atoms with Gasteiger partial charge in [-0.3, -0.25) is 0 Å². The van der Waals surface area contributed by atoms with Crippen molar-refractivity contribution in [2.24, 2.45) is 0 Å². The lowest BCUT2D eigenvalue weighted by atomic mass is 9.90. The van der Waals surface area contributed by atoms with E-state index in [2.05, 4.69) is 235 Å². The van der Waals surface area contributed by atoms with E-state index >= 15 is 0 Å². The highest BCUT2D eigenvalue weighted by Crippen LogP contribution is 2.50. The molecule has 0 fully saturated rings. The standard InChI is InChI=1S/C60H39NO/c1-2-15-42(16-3-1)50-24-11-18-43-19-12-25-54(59(43)50)51-22-6-8-28-56(51)61(47-34-32-41(33-35-47)45-31-30-40-14-4-5-17-44(40)38-45)48-21-10-20-46(39-48)49-36-37-58-60-53(49)26-13-27-55(60)52-23-7-9-29-57(52)62-58/h1-39H. The maximum absolute atomic E-state index is 6.49. The molecule has 0 amide bonds. The van der Waals surface area contributed by atoms with E-state index < -0.39 is 0 Å². The van der Waals surface area contributed by atoms with Gasteiger partial charge in [0.05, 0.1) is 5.69 Å². The molecule has 0 aliphatic carbocycles. The molecule has 62 heavy (non-hydrogen) atoms. The Balaban J connectivity index is 1.05. The monoisotopic (exact) mass is 789 g/mol. The van der Waals surface area contributed by atoms with Crippen molar-refractivity contribution < 1.29 is 4.74 Å². The largest absolute Gasteiger partial charge is 0.456 e. The Bertz CT molecular complexity index is 3490. The van der Waals surface area contributed by atoms with E-state index in [9.17, 15) is 0 Å². The maximum atomic E-state index is 6.49. The number of fused-ring (bicyclic) bond motifs is 4. The van der Waals surface area contributed by atoms with Crippen LogP contribution in [0.25, 0.3) is 88.0 Å². The molecule has 1 aliphatic heterocycles. The van der Waals surface area contributed by atoms with Crippen molar-refractivity contribution in [2.45, 2.75) is 0 Å². The summed E-state index contributed by atoms with van der Waals surface area (Å²) in [5.74, 6) is 1.78. The molecule has 2 nitrogen and oxygen atoms in total. The first kappa shape index (κ1) is 35.7. The predicted molar refractivity (Wildman–Crippen MR) is 261 cm³/mol. The first-order valence-corrected chi connectivity index (χ1v) is 21.2. The van der Waals surface area contributed by atoms with E-state index in [4.69, 9.17) is 4.74 Å². The molecule has 1 heterocycles. The summed E-state index contributed by atoms with van der Waals surface area (Å²) in [5.41, 5.74) is 15.0. The van der Waals surface area contributed by atoms with Crippen LogP contribution in [0.2, 0.25) is 0 Å². The molecule has 0 N–H and O–H groups in total. The van der Waals surface area contributed by atoms with Crippen LogP contribution >= 0.6 is 0 Å². The zero-order valence-corrected chi connectivity index (χ0v) is 33.9. The van der Waals surface area contributed by atoms with Gasteiger partial charge in [-0.2, -0.15) is 0 Å². The van der Waals surface area contributed by atoms with E-state index in [1.807, 2.05) is 6.07 Å². The second kappa shape index (κ2) is 14.8. The van der Waals surface area contributed by atoms with Gasteiger partial charge < -0.3 is 9.64 Å². The lowest BCUT2D eigenvalue weighted by Crippen LogP contribution is -2.11. The van der Waals surface area contributed by atoms with Gasteiger partial charge in [0.25, 0.3) is 0 Å². The van der Waals surface area contributed by atoms with Crippen LogP contribution in [0.5, 0.6) is 11.5 Å². The highest BCUT2D eigenvalue weighted by Gasteiger charge is 2.23. The molecule has 290 valence electrons. The normalized spacial score (nSPS) is 11.7. The zero-order valence-electron chi connectivity index (χ0n) is 33.9. The van der Waals surface area contributed by atoms with E-state index in [1.165, 1.54) is 60.3 Å². The third-order valence-corrected chi connectivity index (χ3v) is 12.4. The van der Waals surface area contributed by atoms with Gasteiger partial charge in [-0.15, -0.1) is 0 Å². The van der Waals surface area contributed by atoms with Gasteiger partial charge in [0.15, 0.2) is 0 Å². The average Bonchev–Trinajstić information content (AvgIpc) is 3.34. The van der Waals surface area contributed by atoms with E-state index in [1.54, 1.807) is 0 Å². The molecule has 0 bridgehead atoms. The minimum absolute atomic E-state index is 0.890. The fourth-order valence-electron chi connectivity index (χ4n) is 9.56. The fraction of sp³-hybridized carbons (Fsp3) is 0. The lowest BCUT2D eigenvalue weighted by molar-refractivity contribution is 0.487. The highest BCUT2D eigenvalue weighted by atomic mass is 16.5. The van der Waals surface area contributed by atoms with Crippen LogP contribution in [0.4, 0.5) is 17.1 Å². The number of anilines is 3. The van der Waals surface area contributed by atoms with Crippen molar-refractivity contribution in [3.8, 4) is 67.1 Å². The van der Waals surface area contributed by atoms with Gasteiger partial charge in [-0.25, -0.2) is 0 Å². The molecule has 0 saturated heterocycles. The number of hydrogen-bond acceptors (Lipinski definition) is 2. The van der Waals surface area contributed by atoms with Crippen LogP contribution < -0.4 is 9.64 Å². The fourth-order valence-corrected chi connectivity index (χ4v) is 9.56. The molecule has 0 aromatic heterocycles. The minimum atomic E-state index is 0.890. The van der Waals surface area contributed by atoms with Crippen LogP contribution in [0.3, 0.4) is 0 Å². The van der Waals surface area contributed by atoms with Gasteiger partial charge >= 0.3 is 0 Å². The molecule has 0 saturated carbocycles. The Labute approximate surface area is 361 Å². The van der Waals surface area contributed by atoms with Crippen molar-refractivity contribution >= 4 is 49.4 Å². The molecule has 2 heteroatoms. The zero-order chi connectivity index (χ0) is 41.0. The number of benzene rings is 11. The topological polar surface area (TPSA) is 12.5 Å². The van der Waals surface area contributed by atoms with Gasteiger partial charge in [0, 0.05) is 27.9 Å². The Morgan fingerprint density at radius 1 is 0.274 bits per heavy atom. The lowest BCUT2D eigenvalue weighted by Gasteiger charge is -2.29. The van der Waals surface area contributed by atoms with Crippen molar-refractivity contribution in [1.82, 2.24) is 0 Å². The number of nitrogens with zero attached hydrogens (tertiary/aromatic N) is 1. The van der Waals surface area contributed by atoms with Crippen LogP contribution in [-0.2, 0) is 0 Å². The Morgan fingerprint density at radius 2 is 0.903 bits per heavy atom. The second-order valence-corrected chi connectivity index (χ2v) is 16.0. The van der Waals surface area contributed by atoms with E-state index in [0.29, 0.717) is 0 Å². The van der Waals surface area contributed by atoms with Crippen molar-refractivity contribution in [3.63, 3.8) is 0 Å². The summed E-state index contributed by atoms with van der Waals surface area (Å²) in [6, 6.07) is 85.6. The van der Waals surface area contributed by atoms with Crippen LogP contribution in [0.15, 0.2) is 237 Å². The Kier molecular flexibility index (Phi) is 8.53. The van der Waals surface area contributed by atoms with Crippen LogP contribution in [0.1, 0.15) is 0 Å². The SMILES string of the molecule is c1ccc(-c2cccc3cccc(-c4ccccc4N(c4ccc(-c5ccc6ccccc6c5)cc4)c4cccc(-c5ccc6c7c(cccc57)-c5ccccc5O6)c4)c23)cc1. The summed E-state index contributed by atoms with van der Waals surface area (Å²) < 4.78 is 6.49. The number of para-hydroxylation sites is 2. The molecule has 0 unspecified atom stereocenters. The summed E-state index contributed by atoms with van der Waals surface area (Å²) in [7, 11) is 0. The molecule has 0 spiro atoms. The van der Waals surface area contributed by atoms with Crippen molar-refractivity contribution in [3.05, 3.63) is 237 Å². The molecule has 1 aliphatic rings. The third kappa shape index (κ3) is 6.04. The number of hydrogen-bond donors (Lipinski definition) is 0. The molecular formula is C60H39NO. The van der Waals surface area contributed by atoms with Crippen molar-refractivity contribution in [1.29, 1.82) is 0 Å². The van der Waals surface area contributed by atoms with Gasteiger partial charge in [0.2, 0.25) is 0 Å². The highest BCUT2D eigenvalue weighted by molar-refractivity contribution is 6.11. The number of rotatable bonds is 7. The summed E-state index contributed by atoms with van der Waals surface area (Å²) in [6.45, 7) is 0. The Hall–Kier alpha value is -8.20. The average molecular weight is 790 g/mol. The molecule has 11 aromatic carbocycles. The molecule has 11 aromatic rings. The maximum Gasteiger partial charge on any atom is 0.135 e.